The van der Waals surface area contributed by atoms with Gasteiger partial charge in [0, 0.05) is 4.90 Å². The Hall–Kier alpha value is -3.10. The lowest BCUT2D eigenvalue weighted by atomic mass is 9.96. The molecule has 176 valence electrons. The number of fused-ring (bicyclic) bond motifs is 1. The Morgan fingerprint density at radius 3 is 2.59 bits per heavy atom. The second kappa shape index (κ2) is 10.0. The van der Waals surface area contributed by atoms with E-state index in [0.717, 1.165) is 27.3 Å². The van der Waals surface area contributed by atoms with Gasteiger partial charge in [0.2, 0.25) is 0 Å². The fraction of sp³-hybridized carbons (Fsp3) is 0.269. The van der Waals surface area contributed by atoms with Gasteiger partial charge in [-0.3, -0.25) is 9.36 Å². The van der Waals surface area contributed by atoms with E-state index in [-0.39, 0.29) is 12.2 Å². The van der Waals surface area contributed by atoms with Crippen molar-refractivity contribution >= 4 is 35.1 Å². The topological polar surface area (TPSA) is 69.9 Å². The monoisotopic (exact) mass is 494 g/mol. The van der Waals surface area contributed by atoms with Crippen LogP contribution in [-0.4, -0.2) is 30.5 Å². The van der Waals surface area contributed by atoms with Gasteiger partial charge >= 0.3 is 5.97 Å². The first-order valence-corrected chi connectivity index (χ1v) is 12.9. The van der Waals surface area contributed by atoms with Gasteiger partial charge < -0.3 is 9.47 Å². The predicted octanol–water partition coefficient (Wildman–Crippen LogP) is 3.84. The number of hydrogen-bond acceptors (Lipinski definition) is 7. The van der Waals surface area contributed by atoms with Gasteiger partial charge in [0.1, 0.15) is 5.75 Å². The van der Waals surface area contributed by atoms with Crippen molar-refractivity contribution in [1.82, 2.24) is 4.57 Å². The van der Waals surface area contributed by atoms with Crippen molar-refractivity contribution < 1.29 is 14.3 Å². The number of methoxy groups -OCH3 is 1. The molecule has 1 aromatic heterocycles. The zero-order valence-corrected chi connectivity index (χ0v) is 21.4. The molecule has 2 aromatic carbocycles. The van der Waals surface area contributed by atoms with Crippen LogP contribution in [0.15, 0.2) is 68.4 Å². The zero-order valence-electron chi connectivity index (χ0n) is 19.7. The highest BCUT2D eigenvalue weighted by atomic mass is 32.2. The third-order valence-electron chi connectivity index (χ3n) is 5.68. The molecule has 0 amide bonds. The van der Waals surface area contributed by atoms with Crippen LogP contribution in [-0.2, 0) is 9.53 Å². The molecule has 6 nitrogen and oxygen atoms in total. The van der Waals surface area contributed by atoms with Gasteiger partial charge in [-0.25, -0.2) is 9.79 Å². The first kappa shape index (κ1) is 24.0. The fourth-order valence-electron chi connectivity index (χ4n) is 3.97. The average Bonchev–Trinajstić information content (AvgIpc) is 3.13. The van der Waals surface area contributed by atoms with E-state index < -0.39 is 12.0 Å². The van der Waals surface area contributed by atoms with Crippen LogP contribution in [0, 0.1) is 6.92 Å². The summed E-state index contributed by atoms with van der Waals surface area (Å²) in [5, 5.41) is 0. The van der Waals surface area contributed by atoms with Crippen LogP contribution in [0.5, 0.6) is 5.75 Å². The van der Waals surface area contributed by atoms with Gasteiger partial charge in [-0.2, -0.15) is 0 Å². The van der Waals surface area contributed by atoms with Crippen LogP contribution in [0.3, 0.4) is 0 Å². The highest BCUT2D eigenvalue weighted by Crippen LogP contribution is 2.31. The molecule has 0 saturated heterocycles. The molecule has 0 spiro atoms. The molecule has 2 heterocycles. The molecular weight excluding hydrogens is 468 g/mol. The van der Waals surface area contributed by atoms with E-state index >= 15 is 0 Å². The summed E-state index contributed by atoms with van der Waals surface area (Å²) in [7, 11) is 1.63. The first-order chi connectivity index (χ1) is 16.4. The minimum atomic E-state index is -0.610. The zero-order chi connectivity index (χ0) is 24.4. The summed E-state index contributed by atoms with van der Waals surface area (Å²) in [6.45, 7) is 5.77. The molecular formula is C26H26N2O4S2. The van der Waals surface area contributed by atoms with Crippen molar-refractivity contribution in [3.05, 3.63) is 90.1 Å². The highest BCUT2D eigenvalue weighted by molar-refractivity contribution is 7.98. The molecule has 8 heteroatoms. The van der Waals surface area contributed by atoms with Gasteiger partial charge in [0.15, 0.2) is 4.80 Å². The fourth-order valence-corrected chi connectivity index (χ4v) is 5.43. The molecule has 34 heavy (non-hydrogen) atoms. The average molecular weight is 495 g/mol. The SMILES string of the molecule is CCOC(=O)C1=C(C)N=c2s/c(=C/c3ccc(C)c(OC)c3)c(=O)n2[C@H]1c1ccc(SC)cc1. The smallest absolute Gasteiger partial charge is 0.338 e. The molecule has 0 radical (unpaired) electrons. The van der Waals surface area contributed by atoms with E-state index in [9.17, 15) is 9.59 Å². The summed E-state index contributed by atoms with van der Waals surface area (Å²) in [6.07, 6.45) is 3.84. The highest BCUT2D eigenvalue weighted by Gasteiger charge is 2.33. The van der Waals surface area contributed by atoms with E-state index in [1.165, 1.54) is 11.3 Å². The van der Waals surface area contributed by atoms with Crippen molar-refractivity contribution in [3.63, 3.8) is 0 Å². The van der Waals surface area contributed by atoms with Crippen LogP contribution >= 0.6 is 23.1 Å². The van der Waals surface area contributed by atoms with Gasteiger partial charge in [-0.05, 0) is 68.0 Å². The lowest BCUT2D eigenvalue weighted by Gasteiger charge is -2.24. The Bertz CT molecular complexity index is 1450. The van der Waals surface area contributed by atoms with Crippen molar-refractivity contribution in [2.75, 3.05) is 20.0 Å². The molecule has 0 N–H and O–H groups in total. The largest absolute Gasteiger partial charge is 0.496 e. The quantitative estimate of drug-likeness (QED) is 0.385. The molecule has 1 atom stereocenters. The van der Waals surface area contributed by atoms with Crippen molar-refractivity contribution in [2.45, 2.75) is 31.7 Å². The number of aryl methyl sites for hydroxylation is 1. The number of carbonyl (C=O) groups is 1. The third kappa shape index (κ3) is 4.48. The summed E-state index contributed by atoms with van der Waals surface area (Å²) >= 11 is 2.94. The Balaban J connectivity index is 1.93. The predicted molar refractivity (Wildman–Crippen MR) is 136 cm³/mol. The standard InChI is InChI=1S/C26H26N2O4S2/c1-6-32-25(30)22-16(3)27-26-28(23(22)18-9-11-19(33-5)12-10-18)24(29)21(34-26)14-17-8-7-15(2)20(13-17)31-4/h7-14,23H,6H2,1-5H3/b21-14+/t23-/m0/s1. The van der Waals surface area contributed by atoms with Gasteiger partial charge in [0.05, 0.1) is 35.6 Å². The van der Waals surface area contributed by atoms with Crippen molar-refractivity contribution in [1.29, 1.82) is 0 Å². The molecule has 0 unspecified atom stereocenters. The minimum Gasteiger partial charge on any atom is -0.496 e. The summed E-state index contributed by atoms with van der Waals surface area (Å²) < 4.78 is 12.9. The summed E-state index contributed by atoms with van der Waals surface area (Å²) in [5.74, 6) is 0.300. The number of carbonyl (C=O) groups excluding carboxylic acids is 1. The Morgan fingerprint density at radius 1 is 1.21 bits per heavy atom. The molecule has 1 aliphatic rings. The van der Waals surface area contributed by atoms with E-state index in [1.807, 2.05) is 61.7 Å². The summed E-state index contributed by atoms with van der Waals surface area (Å²) in [4.78, 5) is 32.9. The number of thiazole rings is 1. The second-order valence-corrected chi connectivity index (χ2v) is 9.69. The van der Waals surface area contributed by atoms with Gasteiger partial charge in [0.25, 0.3) is 5.56 Å². The van der Waals surface area contributed by atoms with Crippen LogP contribution in [0.1, 0.15) is 36.6 Å². The first-order valence-electron chi connectivity index (χ1n) is 10.9. The Labute approximate surface area is 206 Å². The van der Waals surface area contributed by atoms with Crippen LogP contribution in [0.2, 0.25) is 0 Å². The number of aromatic nitrogens is 1. The molecule has 0 bridgehead atoms. The normalized spacial score (nSPS) is 15.7. The summed E-state index contributed by atoms with van der Waals surface area (Å²) in [5.41, 5.74) is 3.45. The number of benzene rings is 2. The maximum atomic E-state index is 13.7. The number of ether oxygens (including phenoxy) is 2. The summed E-state index contributed by atoms with van der Waals surface area (Å²) in [6, 6.07) is 13.1. The Kier molecular flexibility index (Phi) is 7.09. The van der Waals surface area contributed by atoms with E-state index in [2.05, 4.69) is 4.99 Å². The van der Waals surface area contributed by atoms with Crippen LogP contribution in [0.25, 0.3) is 6.08 Å². The molecule has 0 fully saturated rings. The van der Waals surface area contributed by atoms with E-state index in [0.29, 0.717) is 20.6 Å². The van der Waals surface area contributed by atoms with Crippen LogP contribution in [0.4, 0.5) is 0 Å². The van der Waals surface area contributed by atoms with Crippen molar-refractivity contribution in [3.8, 4) is 5.75 Å². The van der Waals surface area contributed by atoms with Gasteiger partial charge in [-0.1, -0.05) is 35.6 Å². The molecule has 1 aliphatic heterocycles. The molecule has 0 aliphatic carbocycles. The van der Waals surface area contributed by atoms with E-state index in [1.54, 1.807) is 37.3 Å². The number of allylic oxidation sites excluding steroid dienone is 1. The van der Waals surface area contributed by atoms with Crippen LogP contribution < -0.4 is 19.6 Å². The second-order valence-electron chi connectivity index (χ2n) is 7.80. The Morgan fingerprint density at radius 2 is 1.94 bits per heavy atom. The van der Waals surface area contributed by atoms with E-state index in [4.69, 9.17) is 9.47 Å². The number of esters is 1. The maximum Gasteiger partial charge on any atom is 0.338 e. The van der Waals surface area contributed by atoms with Gasteiger partial charge in [-0.15, -0.1) is 11.8 Å². The number of hydrogen-bond donors (Lipinski definition) is 0. The lowest BCUT2D eigenvalue weighted by Crippen LogP contribution is -2.39. The molecule has 4 rings (SSSR count). The molecule has 3 aromatic rings. The number of rotatable bonds is 6. The number of nitrogens with zero attached hydrogens (tertiary/aromatic N) is 2. The lowest BCUT2D eigenvalue weighted by molar-refractivity contribution is -0.139. The molecule has 0 saturated carbocycles. The minimum absolute atomic E-state index is 0.198. The maximum absolute atomic E-state index is 13.7. The number of thioether (sulfide) groups is 1. The van der Waals surface area contributed by atoms with Crippen molar-refractivity contribution in [2.24, 2.45) is 4.99 Å². The third-order valence-corrected chi connectivity index (χ3v) is 7.40.